The molecule has 0 fully saturated rings. The summed E-state index contributed by atoms with van der Waals surface area (Å²) in [4.78, 5) is 0. The number of halogens is 2. The molecule has 3 heteroatoms. The lowest BCUT2D eigenvalue weighted by Gasteiger charge is -2.12. The van der Waals surface area contributed by atoms with Gasteiger partial charge < -0.3 is 4.74 Å². The highest BCUT2D eigenvalue weighted by Crippen LogP contribution is 2.35. The standard InChI is InChI=1S/C10H12Cl2O/c1-6(2)8-4-7(11)5-9(13-3)10(8)12/h4-6H,1-3H3. The number of benzene rings is 1. The fourth-order valence-electron chi connectivity index (χ4n) is 1.15. The van der Waals surface area contributed by atoms with E-state index in [2.05, 4.69) is 13.8 Å². The van der Waals surface area contributed by atoms with E-state index in [-0.39, 0.29) is 0 Å². The third-order valence-electron chi connectivity index (χ3n) is 1.87. The van der Waals surface area contributed by atoms with Crippen LogP contribution in [0.15, 0.2) is 12.1 Å². The predicted octanol–water partition coefficient (Wildman–Crippen LogP) is 4.13. The Kier molecular flexibility index (Phi) is 3.46. The van der Waals surface area contributed by atoms with Gasteiger partial charge in [-0.15, -0.1) is 0 Å². The van der Waals surface area contributed by atoms with Crippen LogP contribution >= 0.6 is 23.2 Å². The predicted molar refractivity (Wildman–Crippen MR) is 57.1 cm³/mol. The smallest absolute Gasteiger partial charge is 0.139 e. The number of ether oxygens (including phenoxy) is 1. The molecule has 0 bridgehead atoms. The molecular weight excluding hydrogens is 207 g/mol. The lowest BCUT2D eigenvalue weighted by molar-refractivity contribution is 0.414. The quantitative estimate of drug-likeness (QED) is 0.726. The summed E-state index contributed by atoms with van der Waals surface area (Å²) in [5.74, 6) is 0.984. The van der Waals surface area contributed by atoms with Gasteiger partial charge in [0.15, 0.2) is 0 Å². The molecule has 0 heterocycles. The second kappa shape index (κ2) is 4.21. The summed E-state index contributed by atoms with van der Waals surface area (Å²) in [7, 11) is 1.58. The Hall–Kier alpha value is -0.400. The minimum absolute atomic E-state index is 0.347. The fraction of sp³-hybridized carbons (Fsp3) is 0.400. The van der Waals surface area contributed by atoms with E-state index in [1.54, 1.807) is 13.2 Å². The molecule has 72 valence electrons. The number of rotatable bonds is 2. The van der Waals surface area contributed by atoms with Gasteiger partial charge in [-0.3, -0.25) is 0 Å². The van der Waals surface area contributed by atoms with Gasteiger partial charge in [-0.2, -0.15) is 0 Å². The highest BCUT2D eigenvalue weighted by Gasteiger charge is 2.11. The Morgan fingerprint density at radius 3 is 2.31 bits per heavy atom. The van der Waals surface area contributed by atoms with Crippen LogP contribution in [0.3, 0.4) is 0 Å². The lowest BCUT2D eigenvalue weighted by atomic mass is 10.0. The molecule has 0 aliphatic rings. The van der Waals surface area contributed by atoms with Crippen LogP contribution in [0.4, 0.5) is 0 Å². The Morgan fingerprint density at radius 2 is 1.85 bits per heavy atom. The molecule has 0 aliphatic heterocycles. The summed E-state index contributed by atoms with van der Waals surface area (Å²) in [6, 6.07) is 3.59. The fourth-order valence-corrected chi connectivity index (χ4v) is 1.77. The van der Waals surface area contributed by atoms with Crippen molar-refractivity contribution in [3.63, 3.8) is 0 Å². The zero-order chi connectivity index (χ0) is 10.0. The Labute approximate surface area is 88.6 Å². The largest absolute Gasteiger partial charge is 0.495 e. The SMILES string of the molecule is COc1cc(Cl)cc(C(C)C)c1Cl. The van der Waals surface area contributed by atoms with Crippen molar-refractivity contribution < 1.29 is 4.74 Å². The molecule has 1 aromatic carbocycles. The van der Waals surface area contributed by atoms with Gasteiger partial charge >= 0.3 is 0 Å². The van der Waals surface area contributed by atoms with Crippen molar-refractivity contribution in [2.45, 2.75) is 19.8 Å². The molecule has 0 unspecified atom stereocenters. The van der Waals surface area contributed by atoms with Crippen molar-refractivity contribution in [2.24, 2.45) is 0 Å². The number of hydrogen-bond acceptors (Lipinski definition) is 1. The maximum Gasteiger partial charge on any atom is 0.139 e. The third-order valence-corrected chi connectivity index (χ3v) is 2.50. The van der Waals surface area contributed by atoms with Crippen LogP contribution in [0.5, 0.6) is 5.75 Å². The first-order valence-corrected chi connectivity index (χ1v) is 4.84. The van der Waals surface area contributed by atoms with Gasteiger partial charge in [-0.05, 0) is 17.5 Å². The second-order valence-corrected chi connectivity index (χ2v) is 3.98. The van der Waals surface area contributed by atoms with E-state index in [0.717, 1.165) is 5.56 Å². The molecule has 1 rings (SSSR count). The van der Waals surface area contributed by atoms with E-state index in [1.165, 1.54) is 0 Å². The number of methoxy groups -OCH3 is 1. The molecule has 0 aromatic heterocycles. The molecular formula is C10H12Cl2O. The first-order valence-electron chi connectivity index (χ1n) is 4.09. The number of hydrogen-bond donors (Lipinski definition) is 0. The van der Waals surface area contributed by atoms with E-state index in [4.69, 9.17) is 27.9 Å². The molecule has 0 radical (unpaired) electrons. The van der Waals surface area contributed by atoms with Crippen molar-refractivity contribution in [2.75, 3.05) is 7.11 Å². The maximum atomic E-state index is 6.09. The molecule has 0 saturated heterocycles. The average Bonchev–Trinajstić information content (AvgIpc) is 2.08. The van der Waals surface area contributed by atoms with Crippen LogP contribution in [-0.4, -0.2) is 7.11 Å². The molecule has 13 heavy (non-hydrogen) atoms. The van der Waals surface area contributed by atoms with Gasteiger partial charge in [0.25, 0.3) is 0 Å². The third kappa shape index (κ3) is 2.29. The van der Waals surface area contributed by atoms with Crippen LogP contribution in [0, 0.1) is 0 Å². The summed E-state index contributed by atoms with van der Waals surface area (Å²) in [6.45, 7) is 4.13. The van der Waals surface area contributed by atoms with E-state index >= 15 is 0 Å². The topological polar surface area (TPSA) is 9.23 Å². The highest BCUT2D eigenvalue weighted by atomic mass is 35.5. The minimum Gasteiger partial charge on any atom is -0.495 e. The Balaban J connectivity index is 3.27. The van der Waals surface area contributed by atoms with Crippen LogP contribution in [0.25, 0.3) is 0 Å². The minimum atomic E-state index is 0.347. The Bertz CT molecular complexity index is 308. The molecule has 0 spiro atoms. The summed E-state index contributed by atoms with van der Waals surface area (Å²) in [5, 5.41) is 1.31. The van der Waals surface area contributed by atoms with Crippen LogP contribution in [0.1, 0.15) is 25.3 Å². The van der Waals surface area contributed by atoms with Gasteiger partial charge in [0, 0.05) is 11.1 Å². The Morgan fingerprint density at radius 1 is 1.23 bits per heavy atom. The van der Waals surface area contributed by atoms with E-state index < -0.39 is 0 Å². The van der Waals surface area contributed by atoms with Gasteiger partial charge in [0.2, 0.25) is 0 Å². The molecule has 1 aromatic rings. The molecule has 0 atom stereocenters. The normalized spacial score (nSPS) is 10.6. The van der Waals surface area contributed by atoms with Crippen molar-refractivity contribution >= 4 is 23.2 Å². The van der Waals surface area contributed by atoms with Crippen LogP contribution in [0.2, 0.25) is 10.0 Å². The molecule has 0 amide bonds. The lowest BCUT2D eigenvalue weighted by Crippen LogP contribution is -1.92. The summed E-state index contributed by atoms with van der Waals surface area (Å²) in [5.41, 5.74) is 1.02. The van der Waals surface area contributed by atoms with Crippen LogP contribution < -0.4 is 4.74 Å². The van der Waals surface area contributed by atoms with Crippen LogP contribution in [-0.2, 0) is 0 Å². The zero-order valence-corrected chi connectivity index (χ0v) is 9.41. The summed E-state index contributed by atoms with van der Waals surface area (Å²) >= 11 is 12.0. The molecule has 0 aliphatic carbocycles. The van der Waals surface area contributed by atoms with Gasteiger partial charge in [-0.1, -0.05) is 37.0 Å². The maximum absolute atomic E-state index is 6.09. The summed E-state index contributed by atoms with van der Waals surface area (Å²) in [6.07, 6.45) is 0. The van der Waals surface area contributed by atoms with E-state index in [0.29, 0.717) is 21.7 Å². The average molecular weight is 219 g/mol. The highest BCUT2D eigenvalue weighted by molar-refractivity contribution is 6.35. The van der Waals surface area contributed by atoms with E-state index in [9.17, 15) is 0 Å². The van der Waals surface area contributed by atoms with Crippen molar-refractivity contribution in [3.05, 3.63) is 27.7 Å². The molecule has 0 saturated carbocycles. The van der Waals surface area contributed by atoms with E-state index in [1.807, 2.05) is 6.07 Å². The van der Waals surface area contributed by atoms with Gasteiger partial charge in [0.05, 0.1) is 12.1 Å². The molecule has 0 N–H and O–H groups in total. The first-order chi connectivity index (χ1) is 6.06. The second-order valence-electron chi connectivity index (χ2n) is 3.17. The van der Waals surface area contributed by atoms with Crippen molar-refractivity contribution in [1.82, 2.24) is 0 Å². The van der Waals surface area contributed by atoms with Crippen molar-refractivity contribution in [3.8, 4) is 5.75 Å². The van der Waals surface area contributed by atoms with Crippen molar-refractivity contribution in [1.29, 1.82) is 0 Å². The molecule has 1 nitrogen and oxygen atoms in total. The van der Waals surface area contributed by atoms with Gasteiger partial charge in [0.1, 0.15) is 5.75 Å². The summed E-state index contributed by atoms with van der Waals surface area (Å²) < 4.78 is 5.10. The van der Waals surface area contributed by atoms with Gasteiger partial charge in [-0.25, -0.2) is 0 Å². The first kappa shape index (κ1) is 10.7. The zero-order valence-electron chi connectivity index (χ0n) is 7.90. The monoisotopic (exact) mass is 218 g/mol.